The lowest BCUT2D eigenvalue weighted by Crippen LogP contribution is -2.33. The second-order valence-electron chi connectivity index (χ2n) is 1.60. The van der Waals surface area contributed by atoms with Crippen molar-refractivity contribution in [3.8, 4) is 6.07 Å². The molecule has 1 unspecified atom stereocenters. The summed E-state index contributed by atoms with van der Waals surface area (Å²) >= 11 is 0. The fourth-order valence-corrected chi connectivity index (χ4v) is 0.461. The van der Waals surface area contributed by atoms with E-state index in [-0.39, 0.29) is 0 Å². The van der Waals surface area contributed by atoms with E-state index < -0.39 is 12.0 Å². The Morgan fingerprint density at radius 3 is 2.80 bits per heavy atom. The molecule has 0 aliphatic rings. The molecule has 0 aromatic rings. The number of hydrogen-bond donors (Lipinski definition) is 1. The van der Waals surface area contributed by atoms with Gasteiger partial charge in [0.15, 0.2) is 6.04 Å². The Labute approximate surface area is 59.8 Å². The number of nitrogens with zero attached hydrogens (tertiary/aromatic N) is 1. The normalized spacial score (nSPS) is 11.7. The molecule has 0 rings (SSSR count). The molecule has 0 radical (unpaired) electrons. The molecule has 0 bridgehead atoms. The highest BCUT2D eigenvalue weighted by Crippen LogP contribution is 1.84. The van der Waals surface area contributed by atoms with Crippen molar-refractivity contribution in [2.24, 2.45) is 0 Å². The standard InChI is InChI=1S/C6H10N2O2/c1-3-10-6(9)5(4-7)8-2/h5,8H,3H2,1-2H3. The minimum Gasteiger partial charge on any atom is -0.464 e. The van der Waals surface area contributed by atoms with Crippen molar-refractivity contribution in [2.75, 3.05) is 13.7 Å². The van der Waals surface area contributed by atoms with Gasteiger partial charge in [-0.15, -0.1) is 0 Å². The summed E-state index contributed by atoms with van der Waals surface area (Å²) in [5.41, 5.74) is 0. The summed E-state index contributed by atoms with van der Waals surface area (Å²) in [4.78, 5) is 10.7. The van der Waals surface area contributed by atoms with Gasteiger partial charge >= 0.3 is 5.97 Å². The van der Waals surface area contributed by atoms with Crippen LogP contribution in [0.4, 0.5) is 0 Å². The first-order valence-corrected chi connectivity index (χ1v) is 2.99. The smallest absolute Gasteiger partial charge is 0.337 e. The van der Waals surface area contributed by atoms with Crippen molar-refractivity contribution in [3.05, 3.63) is 0 Å². The number of hydrogen-bond acceptors (Lipinski definition) is 4. The lowest BCUT2D eigenvalue weighted by atomic mass is 10.3. The molecule has 0 heterocycles. The Hall–Kier alpha value is -1.08. The van der Waals surface area contributed by atoms with E-state index in [4.69, 9.17) is 5.26 Å². The van der Waals surface area contributed by atoms with Gasteiger partial charge in [-0.2, -0.15) is 5.26 Å². The first-order chi connectivity index (χ1) is 4.76. The van der Waals surface area contributed by atoms with E-state index in [0.29, 0.717) is 6.61 Å². The van der Waals surface area contributed by atoms with Gasteiger partial charge in [0.1, 0.15) is 0 Å². The Kier molecular flexibility index (Phi) is 4.25. The molecule has 0 spiro atoms. The minimum absolute atomic E-state index is 0.304. The van der Waals surface area contributed by atoms with Crippen molar-refractivity contribution in [3.63, 3.8) is 0 Å². The molecule has 0 saturated heterocycles. The maximum atomic E-state index is 10.7. The average molecular weight is 142 g/mol. The molecule has 1 N–H and O–H groups in total. The van der Waals surface area contributed by atoms with Crippen molar-refractivity contribution < 1.29 is 9.53 Å². The first kappa shape index (κ1) is 8.92. The van der Waals surface area contributed by atoms with Gasteiger partial charge in [0.25, 0.3) is 0 Å². The van der Waals surface area contributed by atoms with Crippen LogP contribution in [0, 0.1) is 11.3 Å². The van der Waals surface area contributed by atoms with Crippen LogP contribution < -0.4 is 5.32 Å². The number of rotatable bonds is 3. The maximum absolute atomic E-state index is 10.7. The van der Waals surface area contributed by atoms with Crippen molar-refractivity contribution in [1.29, 1.82) is 5.26 Å². The zero-order valence-electron chi connectivity index (χ0n) is 6.05. The van der Waals surface area contributed by atoms with Crippen LogP contribution in [0.15, 0.2) is 0 Å². The van der Waals surface area contributed by atoms with Gasteiger partial charge < -0.3 is 4.74 Å². The molecule has 10 heavy (non-hydrogen) atoms. The topological polar surface area (TPSA) is 62.1 Å². The van der Waals surface area contributed by atoms with E-state index in [1.165, 1.54) is 7.05 Å². The summed E-state index contributed by atoms with van der Waals surface area (Å²) in [5.74, 6) is -0.521. The Morgan fingerprint density at radius 1 is 1.90 bits per heavy atom. The van der Waals surface area contributed by atoms with Crippen LogP contribution in [-0.2, 0) is 9.53 Å². The van der Waals surface area contributed by atoms with Gasteiger partial charge in [-0.3, -0.25) is 5.32 Å². The zero-order chi connectivity index (χ0) is 7.98. The summed E-state index contributed by atoms with van der Waals surface area (Å²) in [7, 11) is 1.53. The van der Waals surface area contributed by atoms with Crippen LogP contribution in [0.2, 0.25) is 0 Å². The predicted molar refractivity (Wildman–Crippen MR) is 35.1 cm³/mol. The number of esters is 1. The number of ether oxygens (including phenoxy) is 1. The average Bonchev–Trinajstić information content (AvgIpc) is 1.91. The number of nitrogens with one attached hydrogen (secondary N) is 1. The van der Waals surface area contributed by atoms with Crippen LogP contribution in [0.3, 0.4) is 0 Å². The second-order valence-corrected chi connectivity index (χ2v) is 1.60. The zero-order valence-corrected chi connectivity index (χ0v) is 6.05. The molecular formula is C6H10N2O2. The molecule has 0 amide bonds. The summed E-state index contributed by atoms with van der Waals surface area (Å²) in [6.45, 7) is 2.00. The monoisotopic (exact) mass is 142 g/mol. The Morgan fingerprint density at radius 2 is 2.50 bits per heavy atom. The van der Waals surface area contributed by atoms with Crippen LogP contribution >= 0.6 is 0 Å². The SMILES string of the molecule is CCOC(=O)C(C#N)NC. The van der Waals surface area contributed by atoms with Crippen LogP contribution in [0.25, 0.3) is 0 Å². The molecule has 0 aliphatic heterocycles. The molecule has 0 aliphatic carbocycles. The summed E-state index contributed by atoms with van der Waals surface area (Å²) in [6, 6.07) is 0.917. The molecule has 0 saturated carbocycles. The Bertz CT molecular complexity index is 150. The molecular weight excluding hydrogens is 132 g/mol. The van der Waals surface area contributed by atoms with Crippen LogP contribution in [-0.4, -0.2) is 25.7 Å². The number of nitriles is 1. The fraction of sp³-hybridized carbons (Fsp3) is 0.667. The fourth-order valence-electron chi connectivity index (χ4n) is 0.461. The van der Waals surface area contributed by atoms with Crippen molar-refractivity contribution in [2.45, 2.75) is 13.0 Å². The van der Waals surface area contributed by atoms with Gasteiger partial charge in [0.2, 0.25) is 0 Å². The highest BCUT2D eigenvalue weighted by molar-refractivity contribution is 5.78. The second kappa shape index (κ2) is 4.77. The van der Waals surface area contributed by atoms with Gasteiger partial charge in [-0.25, -0.2) is 4.79 Å². The lowest BCUT2D eigenvalue weighted by Gasteiger charge is -2.04. The molecule has 0 aromatic heterocycles. The van der Waals surface area contributed by atoms with Crippen LogP contribution in [0.5, 0.6) is 0 Å². The third-order valence-corrected chi connectivity index (χ3v) is 0.940. The van der Waals surface area contributed by atoms with Crippen molar-refractivity contribution in [1.82, 2.24) is 5.32 Å². The maximum Gasteiger partial charge on any atom is 0.337 e. The number of carbonyl (C=O) groups is 1. The highest BCUT2D eigenvalue weighted by Gasteiger charge is 2.15. The first-order valence-electron chi connectivity index (χ1n) is 2.99. The molecule has 4 heteroatoms. The Balaban J connectivity index is 3.80. The molecule has 1 atom stereocenters. The van der Waals surface area contributed by atoms with Crippen molar-refractivity contribution >= 4 is 5.97 Å². The summed E-state index contributed by atoms with van der Waals surface area (Å²) in [5, 5.41) is 10.8. The molecule has 0 fully saturated rings. The highest BCUT2D eigenvalue weighted by atomic mass is 16.5. The van der Waals surface area contributed by atoms with Gasteiger partial charge in [0, 0.05) is 0 Å². The molecule has 4 nitrogen and oxygen atoms in total. The van der Waals surface area contributed by atoms with Gasteiger partial charge in [-0.05, 0) is 14.0 Å². The van der Waals surface area contributed by atoms with E-state index in [0.717, 1.165) is 0 Å². The van der Waals surface area contributed by atoms with E-state index >= 15 is 0 Å². The van der Waals surface area contributed by atoms with Crippen LogP contribution in [0.1, 0.15) is 6.92 Å². The molecule has 0 aromatic carbocycles. The van der Waals surface area contributed by atoms with E-state index in [1.807, 2.05) is 0 Å². The third kappa shape index (κ3) is 2.46. The predicted octanol–water partition coefficient (Wildman–Crippen LogP) is -0.339. The van der Waals surface area contributed by atoms with Gasteiger partial charge in [0.05, 0.1) is 12.7 Å². The molecule has 56 valence electrons. The van der Waals surface area contributed by atoms with E-state index in [9.17, 15) is 4.79 Å². The van der Waals surface area contributed by atoms with E-state index in [2.05, 4.69) is 10.1 Å². The minimum atomic E-state index is -0.833. The summed E-state index contributed by atoms with van der Waals surface area (Å²) in [6.07, 6.45) is 0. The largest absolute Gasteiger partial charge is 0.464 e. The quantitative estimate of drug-likeness (QED) is 0.547. The lowest BCUT2D eigenvalue weighted by molar-refractivity contribution is -0.143. The number of likely N-dealkylation sites (N-methyl/N-ethyl adjacent to an activating group) is 1. The number of carbonyl (C=O) groups excluding carboxylic acids is 1. The summed E-state index contributed by atoms with van der Waals surface area (Å²) < 4.78 is 4.56. The van der Waals surface area contributed by atoms with Gasteiger partial charge in [-0.1, -0.05) is 0 Å². The third-order valence-electron chi connectivity index (χ3n) is 0.940. The van der Waals surface area contributed by atoms with E-state index in [1.54, 1.807) is 13.0 Å².